The van der Waals surface area contributed by atoms with Crippen LogP contribution in [0.4, 0.5) is 8.78 Å². The predicted molar refractivity (Wildman–Crippen MR) is 37.4 cm³/mol. The van der Waals surface area contributed by atoms with Crippen LogP contribution < -0.4 is 0 Å². The first-order valence-corrected chi connectivity index (χ1v) is 3.47. The summed E-state index contributed by atoms with van der Waals surface area (Å²) in [7, 11) is 0. The topological polar surface area (TPSA) is 68.0 Å². The molecule has 0 spiro atoms. The van der Waals surface area contributed by atoms with Crippen LogP contribution in [0.15, 0.2) is 6.20 Å². The van der Waals surface area contributed by atoms with Crippen molar-refractivity contribution in [1.29, 1.82) is 0 Å². The van der Waals surface area contributed by atoms with E-state index >= 15 is 0 Å². The Balaban J connectivity index is 2.71. The second-order valence-corrected chi connectivity index (χ2v) is 2.37. The molecule has 0 aromatic carbocycles. The minimum Gasteiger partial charge on any atom is -0.481 e. The van der Waals surface area contributed by atoms with Crippen molar-refractivity contribution in [2.24, 2.45) is 0 Å². The van der Waals surface area contributed by atoms with Gasteiger partial charge in [-0.25, -0.2) is 13.5 Å². The van der Waals surface area contributed by atoms with Crippen molar-refractivity contribution in [3.63, 3.8) is 0 Å². The van der Waals surface area contributed by atoms with Crippen molar-refractivity contribution in [1.82, 2.24) is 15.0 Å². The number of halogens is 2. The molecule has 0 aliphatic heterocycles. The molecule has 0 saturated heterocycles. The maximum atomic E-state index is 11.9. The van der Waals surface area contributed by atoms with E-state index in [1.54, 1.807) is 0 Å². The maximum Gasteiger partial charge on any atom is 0.309 e. The van der Waals surface area contributed by atoms with Gasteiger partial charge < -0.3 is 5.11 Å². The van der Waals surface area contributed by atoms with Crippen LogP contribution in [0.2, 0.25) is 0 Å². The van der Waals surface area contributed by atoms with Crippen molar-refractivity contribution in [2.45, 2.75) is 19.4 Å². The number of alkyl halides is 2. The van der Waals surface area contributed by atoms with Gasteiger partial charge in [0, 0.05) is 0 Å². The third-order valence-electron chi connectivity index (χ3n) is 1.34. The van der Waals surface area contributed by atoms with E-state index in [2.05, 4.69) is 10.3 Å². The first-order valence-electron chi connectivity index (χ1n) is 3.47. The van der Waals surface area contributed by atoms with Crippen LogP contribution in [-0.4, -0.2) is 32.5 Å². The number of aliphatic carboxylic acids is 1. The molecule has 0 atom stereocenters. The second-order valence-electron chi connectivity index (χ2n) is 2.37. The van der Waals surface area contributed by atoms with Crippen molar-refractivity contribution in [3.05, 3.63) is 11.9 Å². The van der Waals surface area contributed by atoms with E-state index in [4.69, 9.17) is 5.11 Å². The summed E-state index contributed by atoms with van der Waals surface area (Å²) in [5.41, 5.74) is 0.174. The molecule has 5 nitrogen and oxygen atoms in total. The van der Waals surface area contributed by atoms with E-state index in [9.17, 15) is 13.6 Å². The Kier molecular flexibility index (Phi) is 2.88. The molecule has 1 rings (SSSR count). The Hall–Kier alpha value is -1.53. The molecule has 0 saturated carbocycles. The van der Waals surface area contributed by atoms with Gasteiger partial charge in [-0.15, -0.1) is 5.10 Å². The fourth-order valence-corrected chi connectivity index (χ4v) is 0.855. The summed E-state index contributed by atoms with van der Waals surface area (Å²) in [5.74, 6) is -1.10. The highest BCUT2D eigenvalue weighted by molar-refractivity contribution is 5.69. The third-order valence-corrected chi connectivity index (χ3v) is 1.34. The van der Waals surface area contributed by atoms with Gasteiger partial charge in [-0.2, -0.15) is 0 Å². The van der Waals surface area contributed by atoms with Crippen LogP contribution in [0.1, 0.15) is 5.69 Å². The molecule has 0 aliphatic rings. The summed E-state index contributed by atoms with van der Waals surface area (Å²) in [6.07, 6.45) is -1.75. The highest BCUT2D eigenvalue weighted by atomic mass is 19.3. The van der Waals surface area contributed by atoms with E-state index in [0.29, 0.717) is 0 Å². The molecule has 0 radical (unpaired) electrons. The smallest absolute Gasteiger partial charge is 0.309 e. The first kappa shape index (κ1) is 9.56. The molecule has 1 N–H and O–H groups in total. The van der Waals surface area contributed by atoms with Gasteiger partial charge >= 0.3 is 5.97 Å². The van der Waals surface area contributed by atoms with Gasteiger partial charge in [0.05, 0.1) is 18.3 Å². The Bertz CT molecular complexity index is 300. The number of hydrogen-bond acceptors (Lipinski definition) is 3. The molecule has 0 unspecified atom stereocenters. The molecular formula is C6H7F2N3O2. The Morgan fingerprint density at radius 2 is 2.38 bits per heavy atom. The van der Waals surface area contributed by atoms with Crippen molar-refractivity contribution >= 4 is 5.97 Å². The Morgan fingerprint density at radius 1 is 1.69 bits per heavy atom. The molecule has 0 amide bonds. The quantitative estimate of drug-likeness (QED) is 0.736. The normalized spacial score (nSPS) is 10.7. The van der Waals surface area contributed by atoms with Crippen LogP contribution in [0.3, 0.4) is 0 Å². The summed E-state index contributed by atoms with van der Waals surface area (Å²) >= 11 is 0. The lowest BCUT2D eigenvalue weighted by molar-refractivity contribution is -0.136. The first-order chi connectivity index (χ1) is 6.09. The van der Waals surface area contributed by atoms with Gasteiger partial charge in [0.15, 0.2) is 0 Å². The number of carboxylic acid groups (broad SMARTS) is 1. The fourth-order valence-electron chi connectivity index (χ4n) is 0.855. The zero-order valence-corrected chi connectivity index (χ0v) is 6.52. The minimum atomic E-state index is -2.56. The van der Waals surface area contributed by atoms with Gasteiger partial charge in [0.1, 0.15) is 6.54 Å². The highest BCUT2D eigenvalue weighted by Gasteiger charge is 2.11. The van der Waals surface area contributed by atoms with Gasteiger partial charge in [-0.3, -0.25) is 4.79 Å². The Morgan fingerprint density at radius 3 is 2.92 bits per heavy atom. The summed E-state index contributed by atoms with van der Waals surface area (Å²) in [6, 6.07) is 0. The van der Waals surface area contributed by atoms with E-state index in [1.807, 2.05) is 0 Å². The second kappa shape index (κ2) is 3.92. The third kappa shape index (κ3) is 2.77. The fraction of sp³-hybridized carbons (Fsp3) is 0.500. The maximum absolute atomic E-state index is 11.9. The molecule has 0 bridgehead atoms. The molecule has 7 heteroatoms. The summed E-state index contributed by atoms with van der Waals surface area (Å²) in [5, 5.41) is 15.1. The number of nitrogens with zero attached hydrogens (tertiary/aromatic N) is 3. The van der Waals surface area contributed by atoms with Gasteiger partial charge in [0.2, 0.25) is 0 Å². The lowest BCUT2D eigenvalue weighted by atomic mass is 10.3. The number of carboxylic acids is 1. The Labute approximate surface area is 72.0 Å². The van der Waals surface area contributed by atoms with Crippen molar-refractivity contribution < 1.29 is 18.7 Å². The van der Waals surface area contributed by atoms with E-state index in [-0.39, 0.29) is 12.1 Å². The zero-order valence-electron chi connectivity index (χ0n) is 6.52. The van der Waals surface area contributed by atoms with Crippen LogP contribution in [0.25, 0.3) is 0 Å². The van der Waals surface area contributed by atoms with Crippen LogP contribution in [0.5, 0.6) is 0 Å². The largest absolute Gasteiger partial charge is 0.481 e. The molecule has 13 heavy (non-hydrogen) atoms. The number of carbonyl (C=O) groups is 1. The number of aromatic nitrogens is 3. The minimum absolute atomic E-state index is 0.174. The van der Waals surface area contributed by atoms with Gasteiger partial charge in [-0.05, 0) is 0 Å². The van der Waals surface area contributed by atoms with Crippen LogP contribution in [0, 0.1) is 0 Å². The van der Waals surface area contributed by atoms with Gasteiger partial charge in [-0.1, -0.05) is 5.21 Å². The van der Waals surface area contributed by atoms with Gasteiger partial charge in [0.25, 0.3) is 6.43 Å². The summed E-state index contributed by atoms with van der Waals surface area (Å²) in [6.45, 7) is -0.622. The average Bonchev–Trinajstić information content (AvgIpc) is 2.34. The lowest BCUT2D eigenvalue weighted by Gasteiger charge is -2.02. The zero-order chi connectivity index (χ0) is 9.84. The molecular weight excluding hydrogens is 184 g/mol. The molecule has 0 fully saturated rings. The van der Waals surface area contributed by atoms with E-state index in [1.165, 1.54) is 0 Å². The van der Waals surface area contributed by atoms with Crippen molar-refractivity contribution in [3.8, 4) is 0 Å². The lowest BCUT2D eigenvalue weighted by Crippen LogP contribution is -2.14. The van der Waals surface area contributed by atoms with Crippen molar-refractivity contribution in [2.75, 3.05) is 0 Å². The van der Waals surface area contributed by atoms with Crippen LogP contribution in [-0.2, 0) is 17.8 Å². The summed E-state index contributed by atoms with van der Waals surface area (Å²) in [4.78, 5) is 10.2. The molecule has 1 aromatic heterocycles. The van der Waals surface area contributed by atoms with E-state index < -0.39 is 18.9 Å². The highest BCUT2D eigenvalue weighted by Crippen LogP contribution is 2.02. The SMILES string of the molecule is O=C(O)Cc1cnnn1CC(F)F. The van der Waals surface area contributed by atoms with Crippen LogP contribution >= 0.6 is 0 Å². The number of hydrogen-bond donors (Lipinski definition) is 1. The standard InChI is InChI=1S/C6H7F2N3O2/c7-5(8)3-11-4(1-6(12)13)2-9-10-11/h2,5H,1,3H2,(H,12,13). The molecule has 72 valence electrons. The number of rotatable bonds is 4. The average molecular weight is 191 g/mol. The van der Waals surface area contributed by atoms with E-state index in [0.717, 1.165) is 10.9 Å². The molecule has 1 heterocycles. The predicted octanol–water partition coefficient (Wildman–Crippen LogP) is 0.170. The molecule has 0 aliphatic carbocycles. The summed E-state index contributed by atoms with van der Waals surface area (Å²) < 4.78 is 24.6. The monoisotopic (exact) mass is 191 g/mol. The molecule has 1 aromatic rings.